The van der Waals surface area contributed by atoms with Gasteiger partial charge in [0.2, 0.25) is 0 Å². The smallest absolute Gasteiger partial charge is 0.136 e. The number of aromatic nitrogens is 1. The number of Topliss-reactive ketones (excluding diaryl/α,β-unsaturated/α-hetero) is 1. The Labute approximate surface area is 145 Å². The summed E-state index contributed by atoms with van der Waals surface area (Å²) in [5.74, 6) is 1.32. The van der Waals surface area contributed by atoms with E-state index in [1.165, 1.54) is 18.5 Å². The van der Waals surface area contributed by atoms with E-state index >= 15 is 0 Å². The first-order valence-electron chi connectivity index (χ1n) is 9.49. The van der Waals surface area contributed by atoms with E-state index in [0.717, 1.165) is 64.2 Å². The Hall–Kier alpha value is -1.26. The maximum absolute atomic E-state index is 12.2. The number of pyridine rings is 1. The van der Waals surface area contributed by atoms with Crippen molar-refractivity contribution in [3.63, 3.8) is 0 Å². The molecular weight excluding hydrogens is 300 g/mol. The van der Waals surface area contributed by atoms with Crippen LogP contribution in [0, 0.1) is 12.8 Å². The zero-order valence-corrected chi connectivity index (χ0v) is 14.9. The molecule has 0 aromatic carbocycles. The van der Waals surface area contributed by atoms with Crippen LogP contribution in [0.2, 0.25) is 0 Å². The van der Waals surface area contributed by atoms with Crippen molar-refractivity contribution in [2.24, 2.45) is 5.92 Å². The molecule has 0 spiro atoms. The van der Waals surface area contributed by atoms with Gasteiger partial charge in [-0.2, -0.15) is 0 Å². The molecule has 0 amide bonds. The molecule has 0 saturated carbocycles. The van der Waals surface area contributed by atoms with Crippen LogP contribution in [0.15, 0.2) is 18.2 Å². The number of piperidine rings is 1. The zero-order chi connectivity index (χ0) is 16.8. The summed E-state index contributed by atoms with van der Waals surface area (Å²) in [6, 6.07) is 6.35. The van der Waals surface area contributed by atoms with Crippen LogP contribution in [0.1, 0.15) is 55.8 Å². The Morgan fingerprint density at radius 1 is 1.21 bits per heavy atom. The first-order valence-corrected chi connectivity index (χ1v) is 9.49. The molecule has 132 valence electrons. The highest BCUT2D eigenvalue weighted by Crippen LogP contribution is 2.27. The van der Waals surface area contributed by atoms with Gasteiger partial charge in [0.25, 0.3) is 0 Å². The van der Waals surface area contributed by atoms with E-state index < -0.39 is 0 Å². The molecule has 24 heavy (non-hydrogen) atoms. The molecule has 2 saturated heterocycles. The number of hydrogen-bond donors (Lipinski definition) is 0. The number of nitrogens with zero attached hydrogens (tertiary/aromatic N) is 2. The topological polar surface area (TPSA) is 42.4 Å². The fraction of sp³-hybridized carbons (Fsp3) is 0.700. The molecule has 4 heteroatoms. The van der Waals surface area contributed by atoms with Crippen LogP contribution in [-0.2, 0) is 9.53 Å². The molecule has 1 aromatic heterocycles. The highest BCUT2D eigenvalue weighted by atomic mass is 16.5. The van der Waals surface area contributed by atoms with E-state index in [1.807, 2.05) is 0 Å². The Morgan fingerprint density at radius 3 is 2.67 bits per heavy atom. The van der Waals surface area contributed by atoms with Crippen LogP contribution in [-0.4, -0.2) is 48.5 Å². The Balaban J connectivity index is 1.36. The molecule has 0 radical (unpaired) electrons. The van der Waals surface area contributed by atoms with Crippen molar-refractivity contribution in [3.8, 4) is 0 Å². The van der Waals surface area contributed by atoms with Crippen molar-refractivity contribution in [1.29, 1.82) is 0 Å². The second-order valence-electron chi connectivity index (χ2n) is 7.28. The predicted molar refractivity (Wildman–Crippen MR) is 95.2 cm³/mol. The number of ether oxygens (including phenoxy) is 1. The lowest BCUT2D eigenvalue weighted by molar-refractivity contribution is -0.125. The molecular formula is C20H30N2O2. The van der Waals surface area contributed by atoms with E-state index in [2.05, 4.69) is 35.0 Å². The third-order valence-electron chi connectivity index (χ3n) is 5.49. The Bertz CT molecular complexity index is 532. The van der Waals surface area contributed by atoms with E-state index in [4.69, 9.17) is 4.74 Å². The second kappa shape index (κ2) is 8.72. The van der Waals surface area contributed by atoms with Gasteiger partial charge in [-0.15, -0.1) is 0 Å². The molecule has 0 atom stereocenters. The highest BCUT2D eigenvalue weighted by molar-refractivity contribution is 5.81. The highest BCUT2D eigenvalue weighted by Gasteiger charge is 2.23. The van der Waals surface area contributed by atoms with Crippen molar-refractivity contribution in [3.05, 3.63) is 29.6 Å². The van der Waals surface area contributed by atoms with Crippen LogP contribution >= 0.6 is 0 Å². The van der Waals surface area contributed by atoms with E-state index in [9.17, 15) is 4.79 Å². The molecule has 0 N–H and O–H groups in total. The van der Waals surface area contributed by atoms with Crippen LogP contribution in [0.25, 0.3) is 0 Å². The summed E-state index contributed by atoms with van der Waals surface area (Å²) in [6.07, 6.45) is 5.96. The first-order chi connectivity index (χ1) is 11.7. The van der Waals surface area contributed by atoms with Gasteiger partial charge in [0.15, 0.2) is 0 Å². The van der Waals surface area contributed by atoms with E-state index in [0.29, 0.717) is 11.7 Å². The molecule has 3 heterocycles. The van der Waals surface area contributed by atoms with Gasteiger partial charge in [-0.05, 0) is 70.8 Å². The number of likely N-dealkylation sites (tertiary alicyclic amines) is 1. The summed E-state index contributed by atoms with van der Waals surface area (Å²) in [7, 11) is 0. The fourth-order valence-corrected chi connectivity index (χ4v) is 3.94. The van der Waals surface area contributed by atoms with Gasteiger partial charge in [0.05, 0.1) is 0 Å². The van der Waals surface area contributed by atoms with Crippen molar-refractivity contribution >= 4 is 5.78 Å². The molecule has 2 fully saturated rings. The summed E-state index contributed by atoms with van der Waals surface area (Å²) in [5, 5.41) is 0. The monoisotopic (exact) mass is 330 g/mol. The lowest BCUT2D eigenvalue weighted by Gasteiger charge is -2.31. The van der Waals surface area contributed by atoms with Gasteiger partial charge in [-0.25, -0.2) is 0 Å². The summed E-state index contributed by atoms with van der Waals surface area (Å²) in [5.41, 5.74) is 2.37. The van der Waals surface area contributed by atoms with Gasteiger partial charge < -0.3 is 9.64 Å². The molecule has 1 aromatic rings. The number of ketones is 1. The third-order valence-corrected chi connectivity index (χ3v) is 5.49. The lowest BCUT2D eigenvalue weighted by Crippen LogP contribution is -2.34. The molecule has 0 bridgehead atoms. The van der Waals surface area contributed by atoms with Gasteiger partial charge in [0, 0.05) is 42.9 Å². The number of carbonyl (C=O) groups is 1. The molecule has 2 aliphatic heterocycles. The zero-order valence-electron chi connectivity index (χ0n) is 14.9. The number of rotatable bonds is 6. The quantitative estimate of drug-likeness (QED) is 0.802. The largest absolute Gasteiger partial charge is 0.381 e. The number of carbonyl (C=O) groups excluding carboxylic acids is 1. The standard InChI is InChI=1S/C20H30N2O2/c1-16-4-2-5-19(21-16)17-7-12-22(13-8-17)11-3-6-20(23)18-9-14-24-15-10-18/h2,4-5,17-18H,3,6-15H2,1H3. The summed E-state index contributed by atoms with van der Waals surface area (Å²) in [6.45, 7) is 6.91. The van der Waals surface area contributed by atoms with Crippen molar-refractivity contribution in [1.82, 2.24) is 9.88 Å². The van der Waals surface area contributed by atoms with Crippen molar-refractivity contribution in [2.45, 2.75) is 51.4 Å². The molecule has 0 unspecified atom stereocenters. The molecule has 2 aliphatic rings. The van der Waals surface area contributed by atoms with Gasteiger partial charge in [0.1, 0.15) is 5.78 Å². The number of aryl methyl sites for hydroxylation is 1. The van der Waals surface area contributed by atoms with E-state index in [1.54, 1.807) is 0 Å². The minimum absolute atomic E-state index is 0.261. The maximum Gasteiger partial charge on any atom is 0.136 e. The van der Waals surface area contributed by atoms with Crippen molar-refractivity contribution < 1.29 is 9.53 Å². The predicted octanol–water partition coefficient (Wildman–Crippen LogP) is 3.35. The minimum atomic E-state index is 0.261. The van der Waals surface area contributed by atoms with Crippen LogP contribution in [0.4, 0.5) is 0 Å². The molecule has 4 nitrogen and oxygen atoms in total. The fourth-order valence-electron chi connectivity index (χ4n) is 3.94. The Morgan fingerprint density at radius 2 is 1.96 bits per heavy atom. The SMILES string of the molecule is Cc1cccc(C2CCN(CCCC(=O)C3CCOCC3)CC2)n1. The first kappa shape index (κ1) is 17.6. The van der Waals surface area contributed by atoms with Crippen LogP contribution < -0.4 is 0 Å². The van der Waals surface area contributed by atoms with Crippen LogP contribution in [0.5, 0.6) is 0 Å². The maximum atomic E-state index is 12.2. The second-order valence-corrected chi connectivity index (χ2v) is 7.28. The lowest BCUT2D eigenvalue weighted by atomic mass is 9.91. The molecule has 3 rings (SSSR count). The van der Waals surface area contributed by atoms with Crippen molar-refractivity contribution in [2.75, 3.05) is 32.8 Å². The van der Waals surface area contributed by atoms with Gasteiger partial charge in [-0.1, -0.05) is 6.07 Å². The summed E-state index contributed by atoms with van der Waals surface area (Å²) in [4.78, 5) is 19.4. The average molecular weight is 330 g/mol. The summed E-state index contributed by atoms with van der Waals surface area (Å²) >= 11 is 0. The molecule has 0 aliphatic carbocycles. The average Bonchev–Trinajstić information content (AvgIpc) is 2.63. The third kappa shape index (κ3) is 4.87. The van der Waals surface area contributed by atoms with E-state index in [-0.39, 0.29) is 5.92 Å². The van der Waals surface area contributed by atoms with Crippen LogP contribution in [0.3, 0.4) is 0 Å². The number of hydrogen-bond acceptors (Lipinski definition) is 4. The minimum Gasteiger partial charge on any atom is -0.381 e. The normalized spacial score (nSPS) is 21.0. The Kier molecular flexibility index (Phi) is 6.38. The van der Waals surface area contributed by atoms with Gasteiger partial charge in [-0.3, -0.25) is 9.78 Å². The van der Waals surface area contributed by atoms with Gasteiger partial charge >= 0.3 is 0 Å². The summed E-state index contributed by atoms with van der Waals surface area (Å²) < 4.78 is 5.34.